The number of rotatable bonds is 7. The van der Waals surface area contributed by atoms with Crippen LogP contribution in [-0.2, 0) is 19.1 Å². The van der Waals surface area contributed by atoms with E-state index in [1.54, 1.807) is 25.1 Å². The van der Waals surface area contributed by atoms with Crippen molar-refractivity contribution in [3.8, 4) is 11.5 Å². The number of thiocarbonyl (C=S) groups is 1. The van der Waals surface area contributed by atoms with E-state index in [0.717, 1.165) is 4.90 Å². The molecular weight excluding hydrogens is 527 g/mol. The number of hydrogen-bond acceptors (Lipinski definition) is 7. The van der Waals surface area contributed by atoms with Gasteiger partial charge in [0.1, 0.15) is 5.57 Å². The van der Waals surface area contributed by atoms with Crippen LogP contribution in [0.5, 0.6) is 11.5 Å². The van der Waals surface area contributed by atoms with Crippen molar-refractivity contribution >= 4 is 81.7 Å². The SMILES string of the molecule is CCOC(=O)COc1c(Cl)cc(/C=C2\C(=O)NC(=S)N(c3cccc(Cl)c3Cl)C2=O)cc1OC. The molecule has 1 fully saturated rings. The molecule has 0 aliphatic carbocycles. The first kappa shape index (κ1) is 25.8. The summed E-state index contributed by atoms with van der Waals surface area (Å²) < 4.78 is 15.5. The van der Waals surface area contributed by atoms with Crippen LogP contribution in [0.4, 0.5) is 5.69 Å². The number of anilines is 1. The van der Waals surface area contributed by atoms with Gasteiger partial charge in [0.25, 0.3) is 11.8 Å². The number of esters is 1. The van der Waals surface area contributed by atoms with Gasteiger partial charge in [-0.2, -0.15) is 0 Å². The van der Waals surface area contributed by atoms with E-state index < -0.39 is 17.8 Å². The van der Waals surface area contributed by atoms with E-state index in [2.05, 4.69) is 5.32 Å². The molecule has 12 heteroatoms. The molecule has 0 spiro atoms. The number of carbonyl (C=O) groups is 3. The summed E-state index contributed by atoms with van der Waals surface area (Å²) in [6, 6.07) is 7.63. The molecule has 1 aliphatic heterocycles. The fraction of sp³-hybridized carbons (Fsp3) is 0.182. The third-order valence-electron chi connectivity index (χ3n) is 4.48. The third-order valence-corrected chi connectivity index (χ3v) is 5.85. The van der Waals surface area contributed by atoms with Gasteiger partial charge in [0.05, 0.1) is 34.5 Å². The zero-order valence-electron chi connectivity index (χ0n) is 17.8. The average Bonchev–Trinajstić information content (AvgIpc) is 2.78. The van der Waals surface area contributed by atoms with E-state index in [4.69, 9.17) is 61.2 Å². The lowest BCUT2D eigenvalue weighted by Gasteiger charge is -2.29. The highest BCUT2D eigenvalue weighted by Gasteiger charge is 2.35. The van der Waals surface area contributed by atoms with Crippen molar-refractivity contribution in [2.45, 2.75) is 6.92 Å². The molecule has 0 radical (unpaired) electrons. The standard InChI is InChI=1S/C22H17Cl3N2O6S/c1-3-32-17(28)10-33-19-14(24)8-11(9-16(19)31-2)7-12-20(29)26-22(34)27(21(12)30)15-6-4-5-13(23)18(15)25/h4-9H,3,10H2,1-2H3,(H,26,29,34)/b12-7+. The Hall–Kier alpha value is -2.85. The molecule has 1 N–H and O–H groups in total. The minimum Gasteiger partial charge on any atom is -0.493 e. The molecule has 178 valence electrons. The molecule has 1 heterocycles. The molecule has 0 aromatic heterocycles. The fourth-order valence-corrected chi connectivity index (χ4v) is 3.93. The molecule has 0 saturated carbocycles. The summed E-state index contributed by atoms with van der Waals surface area (Å²) in [6.07, 6.45) is 1.31. The van der Waals surface area contributed by atoms with Gasteiger partial charge in [-0.05, 0) is 55.0 Å². The van der Waals surface area contributed by atoms with Crippen LogP contribution in [0.1, 0.15) is 12.5 Å². The number of ether oxygens (including phenoxy) is 3. The van der Waals surface area contributed by atoms with Gasteiger partial charge < -0.3 is 14.2 Å². The summed E-state index contributed by atoms with van der Waals surface area (Å²) in [6.45, 7) is 1.50. The second-order valence-electron chi connectivity index (χ2n) is 6.66. The molecule has 0 atom stereocenters. The Morgan fingerprint density at radius 3 is 2.59 bits per heavy atom. The normalized spacial score (nSPS) is 14.8. The highest BCUT2D eigenvalue weighted by atomic mass is 35.5. The number of nitrogens with one attached hydrogen (secondary N) is 1. The third kappa shape index (κ3) is 5.44. The Labute approximate surface area is 215 Å². The zero-order chi connectivity index (χ0) is 25.0. The van der Waals surface area contributed by atoms with Gasteiger partial charge in [0.2, 0.25) is 0 Å². The Morgan fingerprint density at radius 1 is 1.18 bits per heavy atom. The Kier molecular flexibility index (Phi) is 8.37. The Morgan fingerprint density at radius 2 is 1.91 bits per heavy atom. The van der Waals surface area contributed by atoms with Crippen LogP contribution >= 0.6 is 47.0 Å². The van der Waals surface area contributed by atoms with E-state index in [1.165, 1.54) is 25.3 Å². The van der Waals surface area contributed by atoms with Crippen LogP contribution in [0.3, 0.4) is 0 Å². The van der Waals surface area contributed by atoms with Crippen LogP contribution in [-0.4, -0.2) is 43.2 Å². The summed E-state index contributed by atoms with van der Waals surface area (Å²) in [5, 5.41) is 2.72. The minimum absolute atomic E-state index is 0.0874. The number of amides is 2. The summed E-state index contributed by atoms with van der Waals surface area (Å²) >= 11 is 23.8. The van der Waals surface area contributed by atoms with Crippen molar-refractivity contribution in [3.05, 3.63) is 56.5 Å². The molecule has 0 unspecified atom stereocenters. The van der Waals surface area contributed by atoms with Crippen LogP contribution in [0.15, 0.2) is 35.9 Å². The van der Waals surface area contributed by atoms with Crippen molar-refractivity contribution in [3.63, 3.8) is 0 Å². The monoisotopic (exact) mass is 542 g/mol. The maximum Gasteiger partial charge on any atom is 0.344 e. The van der Waals surface area contributed by atoms with E-state index in [9.17, 15) is 14.4 Å². The number of benzene rings is 2. The first-order valence-electron chi connectivity index (χ1n) is 9.69. The van der Waals surface area contributed by atoms with E-state index in [0.29, 0.717) is 5.56 Å². The average molecular weight is 544 g/mol. The van der Waals surface area contributed by atoms with Crippen molar-refractivity contribution in [2.75, 3.05) is 25.2 Å². The van der Waals surface area contributed by atoms with E-state index in [1.807, 2.05) is 0 Å². The van der Waals surface area contributed by atoms with Gasteiger partial charge in [0.15, 0.2) is 23.2 Å². The van der Waals surface area contributed by atoms with Gasteiger partial charge in [-0.25, -0.2) is 4.79 Å². The smallest absolute Gasteiger partial charge is 0.344 e. The highest BCUT2D eigenvalue weighted by molar-refractivity contribution is 7.80. The second-order valence-corrected chi connectivity index (χ2v) is 8.24. The summed E-state index contributed by atoms with van der Waals surface area (Å²) in [4.78, 5) is 38.5. The zero-order valence-corrected chi connectivity index (χ0v) is 20.9. The minimum atomic E-state index is -0.712. The summed E-state index contributed by atoms with van der Waals surface area (Å²) in [5.41, 5.74) is 0.338. The number of methoxy groups -OCH3 is 1. The summed E-state index contributed by atoms with van der Waals surface area (Å²) in [5.74, 6) is -1.71. The van der Waals surface area contributed by atoms with Crippen LogP contribution in [0.25, 0.3) is 6.08 Å². The molecule has 0 bridgehead atoms. The van der Waals surface area contributed by atoms with Gasteiger partial charge in [-0.1, -0.05) is 40.9 Å². The van der Waals surface area contributed by atoms with Crippen LogP contribution < -0.4 is 19.7 Å². The fourth-order valence-electron chi connectivity index (χ4n) is 3.00. The lowest BCUT2D eigenvalue weighted by atomic mass is 10.1. The number of carbonyl (C=O) groups excluding carboxylic acids is 3. The predicted octanol–water partition coefficient (Wildman–Crippen LogP) is 4.43. The molecule has 2 aromatic carbocycles. The van der Waals surface area contributed by atoms with Crippen LogP contribution in [0, 0.1) is 0 Å². The van der Waals surface area contributed by atoms with E-state index >= 15 is 0 Å². The van der Waals surface area contributed by atoms with Crippen molar-refractivity contribution in [1.29, 1.82) is 0 Å². The predicted molar refractivity (Wildman–Crippen MR) is 133 cm³/mol. The second kappa shape index (κ2) is 11.1. The van der Waals surface area contributed by atoms with Crippen LogP contribution in [0.2, 0.25) is 15.1 Å². The van der Waals surface area contributed by atoms with Crippen molar-refractivity contribution in [2.24, 2.45) is 0 Å². The quantitative estimate of drug-likeness (QED) is 0.239. The van der Waals surface area contributed by atoms with Gasteiger partial charge >= 0.3 is 5.97 Å². The van der Waals surface area contributed by atoms with Gasteiger partial charge in [0, 0.05) is 0 Å². The number of nitrogens with zero attached hydrogens (tertiary/aromatic N) is 1. The largest absolute Gasteiger partial charge is 0.493 e. The maximum absolute atomic E-state index is 13.2. The first-order chi connectivity index (χ1) is 16.2. The maximum atomic E-state index is 13.2. The molecule has 2 aromatic rings. The summed E-state index contributed by atoms with van der Waals surface area (Å²) in [7, 11) is 1.37. The lowest BCUT2D eigenvalue weighted by molar-refractivity contribution is -0.145. The topological polar surface area (TPSA) is 94.2 Å². The molecule has 1 aliphatic rings. The Balaban J connectivity index is 1.97. The van der Waals surface area contributed by atoms with Gasteiger partial charge in [-0.15, -0.1) is 0 Å². The molecule has 34 heavy (non-hydrogen) atoms. The molecule has 1 saturated heterocycles. The van der Waals surface area contributed by atoms with Crippen molar-refractivity contribution < 1.29 is 28.6 Å². The lowest BCUT2D eigenvalue weighted by Crippen LogP contribution is -2.54. The number of halogens is 3. The molecule has 2 amide bonds. The highest BCUT2D eigenvalue weighted by Crippen LogP contribution is 2.38. The molecular formula is C22H17Cl3N2O6S. The Bertz CT molecular complexity index is 1220. The van der Waals surface area contributed by atoms with Gasteiger partial charge in [-0.3, -0.25) is 19.8 Å². The first-order valence-corrected chi connectivity index (χ1v) is 11.2. The van der Waals surface area contributed by atoms with E-state index in [-0.39, 0.29) is 56.2 Å². The molecule has 8 nitrogen and oxygen atoms in total. The number of hydrogen-bond donors (Lipinski definition) is 1. The van der Waals surface area contributed by atoms with Crippen molar-refractivity contribution in [1.82, 2.24) is 5.32 Å². The molecule has 3 rings (SSSR count).